The molecule has 1 saturated heterocycles. The minimum absolute atomic E-state index is 0.0528. The maximum Gasteiger partial charge on any atom is 0.256 e. The maximum atomic E-state index is 12.4. The molecule has 1 N–H and O–H groups in total. The van der Waals surface area contributed by atoms with Gasteiger partial charge in [0.15, 0.2) is 6.10 Å². The second-order valence-corrected chi connectivity index (χ2v) is 4.67. The predicted molar refractivity (Wildman–Crippen MR) is 70.2 cm³/mol. The fourth-order valence-electron chi connectivity index (χ4n) is 2.31. The van der Waals surface area contributed by atoms with E-state index < -0.39 is 6.10 Å². The van der Waals surface area contributed by atoms with Gasteiger partial charge in [-0.05, 0) is 12.5 Å². The second-order valence-electron chi connectivity index (χ2n) is 4.67. The van der Waals surface area contributed by atoms with E-state index in [1.54, 1.807) is 7.11 Å². The quantitative estimate of drug-likeness (QED) is 0.873. The first-order valence-electron chi connectivity index (χ1n) is 6.32. The molecule has 0 aliphatic carbocycles. The van der Waals surface area contributed by atoms with E-state index in [0.717, 1.165) is 25.2 Å². The molecule has 0 unspecified atom stereocenters. The van der Waals surface area contributed by atoms with Crippen molar-refractivity contribution >= 4 is 5.91 Å². The van der Waals surface area contributed by atoms with Gasteiger partial charge in [0, 0.05) is 32.8 Å². The van der Waals surface area contributed by atoms with Gasteiger partial charge in [-0.1, -0.05) is 30.3 Å². The van der Waals surface area contributed by atoms with Crippen LogP contribution in [0.25, 0.3) is 0 Å². The molecule has 1 aromatic carbocycles. The fourth-order valence-corrected chi connectivity index (χ4v) is 2.31. The molecule has 4 nitrogen and oxygen atoms in total. The Morgan fingerprint density at radius 1 is 1.44 bits per heavy atom. The van der Waals surface area contributed by atoms with Crippen LogP contribution >= 0.6 is 0 Å². The molecule has 4 heteroatoms. The van der Waals surface area contributed by atoms with Crippen molar-refractivity contribution in [2.24, 2.45) is 0 Å². The molecule has 0 spiro atoms. The van der Waals surface area contributed by atoms with Crippen molar-refractivity contribution in [3.05, 3.63) is 35.9 Å². The average Bonchev–Trinajstić information content (AvgIpc) is 2.41. The van der Waals surface area contributed by atoms with Crippen LogP contribution < -0.4 is 5.32 Å². The van der Waals surface area contributed by atoms with Crippen molar-refractivity contribution in [3.63, 3.8) is 0 Å². The van der Waals surface area contributed by atoms with E-state index in [1.165, 1.54) is 0 Å². The Bertz CT molecular complexity index is 394. The van der Waals surface area contributed by atoms with E-state index in [9.17, 15) is 4.79 Å². The lowest BCUT2D eigenvalue weighted by Gasteiger charge is -2.34. The molecule has 1 fully saturated rings. The zero-order chi connectivity index (χ0) is 13.0. The summed E-state index contributed by atoms with van der Waals surface area (Å²) < 4.78 is 5.38. The van der Waals surface area contributed by atoms with Gasteiger partial charge in [-0.3, -0.25) is 4.79 Å². The Morgan fingerprint density at radius 2 is 2.17 bits per heavy atom. The molecule has 1 amide bonds. The molecule has 0 aromatic heterocycles. The number of benzene rings is 1. The molecule has 0 radical (unpaired) electrons. The lowest BCUT2D eigenvalue weighted by Crippen LogP contribution is -2.52. The van der Waals surface area contributed by atoms with Gasteiger partial charge in [-0.15, -0.1) is 0 Å². The number of rotatable bonds is 3. The summed E-state index contributed by atoms with van der Waals surface area (Å²) in [4.78, 5) is 14.3. The van der Waals surface area contributed by atoms with Crippen molar-refractivity contribution in [2.75, 3.05) is 26.7 Å². The predicted octanol–water partition coefficient (Wildman–Crippen LogP) is 1.19. The summed E-state index contributed by atoms with van der Waals surface area (Å²) in [6, 6.07) is 9.99. The minimum atomic E-state index is -0.489. The second kappa shape index (κ2) is 5.98. The van der Waals surface area contributed by atoms with Crippen LogP contribution in [0.5, 0.6) is 0 Å². The van der Waals surface area contributed by atoms with E-state index in [1.807, 2.05) is 35.2 Å². The van der Waals surface area contributed by atoms with Crippen molar-refractivity contribution in [2.45, 2.75) is 19.1 Å². The Hall–Kier alpha value is -1.39. The third-order valence-electron chi connectivity index (χ3n) is 3.24. The van der Waals surface area contributed by atoms with Gasteiger partial charge in [0.05, 0.1) is 0 Å². The maximum absolute atomic E-state index is 12.4. The van der Waals surface area contributed by atoms with Crippen LogP contribution in [0.1, 0.15) is 18.6 Å². The summed E-state index contributed by atoms with van der Waals surface area (Å²) in [5.74, 6) is 0.0528. The van der Waals surface area contributed by atoms with Gasteiger partial charge >= 0.3 is 0 Å². The highest BCUT2D eigenvalue weighted by Gasteiger charge is 2.28. The number of piperazine rings is 1. The van der Waals surface area contributed by atoms with Crippen LogP contribution in [0.3, 0.4) is 0 Å². The van der Waals surface area contributed by atoms with Crippen molar-refractivity contribution in [3.8, 4) is 0 Å². The third-order valence-corrected chi connectivity index (χ3v) is 3.24. The number of carbonyl (C=O) groups is 1. The van der Waals surface area contributed by atoms with Crippen LogP contribution in [0, 0.1) is 0 Å². The molecule has 1 aromatic rings. The zero-order valence-electron chi connectivity index (χ0n) is 10.9. The molecule has 18 heavy (non-hydrogen) atoms. The normalized spacial score (nSPS) is 21.7. The fraction of sp³-hybridized carbons (Fsp3) is 0.500. The van der Waals surface area contributed by atoms with E-state index in [0.29, 0.717) is 6.04 Å². The molecule has 0 bridgehead atoms. The molecule has 1 aliphatic heterocycles. The lowest BCUT2D eigenvalue weighted by atomic mass is 10.1. The molecule has 2 rings (SSSR count). The lowest BCUT2D eigenvalue weighted by molar-refractivity contribution is -0.143. The van der Waals surface area contributed by atoms with Gasteiger partial charge in [-0.25, -0.2) is 0 Å². The monoisotopic (exact) mass is 248 g/mol. The molecule has 98 valence electrons. The standard InChI is InChI=1S/C14H20N2O2/c1-11-10-16(9-8-15-11)14(17)13(18-2)12-6-4-3-5-7-12/h3-7,11,13,15H,8-10H2,1-2H3/t11-,13+/m0/s1. The number of carbonyl (C=O) groups excluding carboxylic acids is 1. The first-order chi connectivity index (χ1) is 8.72. The number of ether oxygens (including phenoxy) is 1. The molecule has 2 atom stereocenters. The topological polar surface area (TPSA) is 41.6 Å². The summed E-state index contributed by atoms with van der Waals surface area (Å²) in [5.41, 5.74) is 0.913. The highest BCUT2D eigenvalue weighted by molar-refractivity contribution is 5.82. The van der Waals surface area contributed by atoms with Crippen LogP contribution in [0.4, 0.5) is 0 Å². The molecule has 1 aliphatic rings. The Balaban J connectivity index is 2.10. The van der Waals surface area contributed by atoms with Gasteiger partial charge in [0.25, 0.3) is 5.91 Å². The van der Waals surface area contributed by atoms with Gasteiger partial charge in [0.1, 0.15) is 0 Å². The number of hydrogen-bond acceptors (Lipinski definition) is 3. The SMILES string of the molecule is CO[C@@H](C(=O)N1CCN[C@@H](C)C1)c1ccccc1. The van der Waals surface area contributed by atoms with E-state index >= 15 is 0 Å². The highest BCUT2D eigenvalue weighted by atomic mass is 16.5. The molecular formula is C14H20N2O2. The number of hydrogen-bond donors (Lipinski definition) is 1. The molecule has 0 saturated carbocycles. The van der Waals surface area contributed by atoms with Crippen LogP contribution in [-0.2, 0) is 9.53 Å². The largest absolute Gasteiger partial charge is 0.367 e. The zero-order valence-corrected chi connectivity index (χ0v) is 10.9. The number of amides is 1. The minimum Gasteiger partial charge on any atom is -0.367 e. The van der Waals surface area contributed by atoms with E-state index in [-0.39, 0.29) is 5.91 Å². The smallest absolute Gasteiger partial charge is 0.256 e. The number of nitrogens with one attached hydrogen (secondary N) is 1. The summed E-state index contributed by atoms with van der Waals surface area (Å²) in [5, 5.41) is 3.33. The van der Waals surface area contributed by atoms with E-state index in [4.69, 9.17) is 4.74 Å². The summed E-state index contributed by atoms with van der Waals surface area (Å²) in [7, 11) is 1.58. The van der Waals surface area contributed by atoms with Crippen LogP contribution in [0.2, 0.25) is 0 Å². The first kappa shape index (κ1) is 13.1. The van der Waals surface area contributed by atoms with Crippen molar-refractivity contribution in [1.29, 1.82) is 0 Å². The average molecular weight is 248 g/mol. The van der Waals surface area contributed by atoms with Crippen LogP contribution in [-0.4, -0.2) is 43.6 Å². The number of methoxy groups -OCH3 is 1. The third kappa shape index (κ3) is 2.89. The highest BCUT2D eigenvalue weighted by Crippen LogP contribution is 2.19. The van der Waals surface area contributed by atoms with Crippen molar-refractivity contribution < 1.29 is 9.53 Å². The van der Waals surface area contributed by atoms with Gasteiger partial charge in [-0.2, -0.15) is 0 Å². The summed E-state index contributed by atoms with van der Waals surface area (Å²) >= 11 is 0. The summed E-state index contributed by atoms with van der Waals surface area (Å²) in [6.07, 6.45) is -0.489. The van der Waals surface area contributed by atoms with Crippen molar-refractivity contribution in [1.82, 2.24) is 10.2 Å². The van der Waals surface area contributed by atoms with Gasteiger partial charge < -0.3 is 15.0 Å². The molecular weight excluding hydrogens is 228 g/mol. The first-order valence-corrected chi connectivity index (χ1v) is 6.32. The summed E-state index contributed by atoms with van der Waals surface area (Å²) in [6.45, 7) is 4.42. The van der Waals surface area contributed by atoms with Gasteiger partial charge in [0.2, 0.25) is 0 Å². The number of nitrogens with zero attached hydrogens (tertiary/aromatic N) is 1. The van der Waals surface area contributed by atoms with Crippen LogP contribution in [0.15, 0.2) is 30.3 Å². The molecule has 1 heterocycles. The Morgan fingerprint density at radius 3 is 2.78 bits per heavy atom. The van der Waals surface area contributed by atoms with E-state index in [2.05, 4.69) is 12.2 Å². The Kier molecular flexibility index (Phi) is 4.33. The Labute approximate surface area is 108 Å².